The second-order valence-corrected chi connectivity index (χ2v) is 22.4. The van der Waals surface area contributed by atoms with E-state index in [9.17, 15) is 30.8 Å². The van der Waals surface area contributed by atoms with Gasteiger partial charge in [0.15, 0.2) is 11.6 Å². The maximum absolute atomic E-state index is 15.7. The summed E-state index contributed by atoms with van der Waals surface area (Å²) < 4.78 is 101. The van der Waals surface area contributed by atoms with Crippen LogP contribution < -0.4 is 41.2 Å². The van der Waals surface area contributed by atoms with Gasteiger partial charge in [0.05, 0.1) is 42.3 Å². The Balaban J connectivity index is 0.686. The summed E-state index contributed by atoms with van der Waals surface area (Å²) in [5, 5.41) is 20.7. The third-order valence-electron chi connectivity index (χ3n) is 13.3. The summed E-state index contributed by atoms with van der Waals surface area (Å²) >= 11 is 13.0. The van der Waals surface area contributed by atoms with Crippen molar-refractivity contribution >= 4 is 55.3 Å². The van der Waals surface area contributed by atoms with Crippen molar-refractivity contribution in [3.05, 3.63) is 86.9 Å². The van der Waals surface area contributed by atoms with Gasteiger partial charge in [0, 0.05) is 112 Å². The standard InChI is InChI=1S/C47H66Cl2F2N10O9S2/c48-33-26-37-36(38(49)27-33)29-41(61-18-12-53-13-19-61)45(37)70-42-7-6-35(28-40(42)51)72(66,67)58-34-9-17-60(31-34)21-25-69-23-15-57-47(63)55-11-2-1-10-54-46(62)56-14-22-68-24-20-59-16-8-32(30-59)44-39(50)4-3-5-43(44)71(52,64)65/h3-7,26-28,32,34,41,45,53,58H,1-2,8-25,29-31H2,(H2,52,64,65)(H2,54,56,62)(H2,55,57,63)/t32-,34+,41+,45+/m1/s1. The minimum atomic E-state index is -4.05. The van der Waals surface area contributed by atoms with Crippen LogP contribution in [0.1, 0.15) is 54.4 Å². The number of carbonyl (C=O) groups excluding carboxylic acids is 2. The highest BCUT2D eigenvalue weighted by atomic mass is 35.5. The van der Waals surface area contributed by atoms with Crippen LogP contribution in [0.4, 0.5) is 18.4 Å². The van der Waals surface area contributed by atoms with Crippen LogP contribution in [0, 0.1) is 11.6 Å². The van der Waals surface area contributed by atoms with Gasteiger partial charge in [0.2, 0.25) is 20.0 Å². The van der Waals surface area contributed by atoms with E-state index in [4.69, 9.17) is 42.6 Å². The summed E-state index contributed by atoms with van der Waals surface area (Å²) in [6.07, 6.45) is 2.54. The van der Waals surface area contributed by atoms with Crippen LogP contribution in [0.2, 0.25) is 10.0 Å². The smallest absolute Gasteiger partial charge is 0.314 e. The molecule has 4 aliphatic rings. The molecular weight excluding hydrogens is 1020 g/mol. The molecule has 0 saturated carbocycles. The van der Waals surface area contributed by atoms with Crippen LogP contribution in [0.3, 0.4) is 0 Å². The Morgan fingerprint density at radius 3 is 2.06 bits per heavy atom. The van der Waals surface area contributed by atoms with Crippen molar-refractivity contribution in [2.45, 2.75) is 66.0 Å². The summed E-state index contributed by atoms with van der Waals surface area (Å²) in [5.74, 6) is -1.72. The third-order valence-corrected chi connectivity index (χ3v) is 16.3. The number of nitrogens with zero attached hydrogens (tertiary/aromatic N) is 3. The molecule has 0 aromatic heterocycles. The van der Waals surface area contributed by atoms with E-state index in [0.29, 0.717) is 134 Å². The molecule has 19 nitrogen and oxygen atoms in total. The Kier molecular flexibility index (Phi) is 20.5. The second kappa shape index (κ2) is 26.5. The van der Waals surface area contributed by atoms with E-state index in [2.05, 4.69) is 46.0 Å². The first-order chi connectivity index (χ1) is 34.6. The molecule has 398 valence electrons. The van der Waals surface area contributed by atoms with Crippen molar-refractivity contribution in [2.24, 2.45) is 5.14 Å². The van der Waals surface area contributed by atoms with Crippen LogP contribution >= 0.6 is 23.2 Å². The SMILES string of the molecule is NS(=O)(=O)c1cccc(F)c1[C@@H]1CCN(CCOCCNC(=O)NCCCCNC(=O)NCCOCCN2CC[C@H](NS(=O)(=O)c3ccc(O[C@H]4c5cc(Cl)cc(Cl)c5C[C@@H]4N4CCNCC4)c(F)c3)C2)C1. The number of rotatable bonds is 25. The highest BCUT2D eigenvalue weighted by molar-refractivity contribution is 7.89. The summed E-state index contributed by atoms with van der Waals surface area (Å²) in [4.78, 5) is 30.4. The highest BCUT2D eigenvalue weighted by Crippen LogP contribution is 2.43. The number of halogens is 4. The predicted molar refractivity (Wildman–Crippen MR) is 269 cm³/mol. The van der Waals surface area contributed by atoms with Gasteiger partial charge in [-0.3, -0.25) is 9.80 Å². The zero-order chi connectivity index (χ0) is 51.3. The molecule has 8 N–H and O–H groups in total. The lowest BCUT2D eigenvalue weighted by atomic mass is 9.98. The van der Waals surface area contributed by atoms with Crippen molar-refractivity contribution < 1.29 is 49.4 Å². The van der Waals surface area contributed by atoms with Crippen LogP contribution in [-0.2, 0) is 35.9 Å². The van der Waals surface area contributed by atoms with E-state index in [1.54, 1.807) is 12.1 Å². The largest absolute Gasteiger partial charge is 0.481 e. The Morgan fingerprint density at radius 2 is 1.40 bits per heavy atom. The average molecular weight is 1090 g/mol. The number of sulfonamides is 2. The predicted octanol–water partition coefficient (Wildman–Crippen LogP) is 3.12. The second-order valence-electron chi connectivity index (χ2n) is 18.3. The molecule has 3 fully saturated rings. The molecular formula is C47H66Cl2F2N10O9S2. The number of carbonyl (C=O) groups is 2. The number of nitrogens with two attached hydrogens (primary N) is 1. The number of unbranched alkanes of at least 4 members (excludes halogenated alkanes) is 1. The number of ether oxygens (including phenoxy) is 3. The first kappa shape index (κ1) is 55.8. The quantitative estimate of drug-likeness (QED) is 0.0605. The molecule has 72 heavy (non-hydrogen) atoms. The zero-order valence-electron chi connectivity index (χ0n) is 40.1. The molecule has 0 spiro atoms. The first-order valence-corrected chi connectivity index (χ1v) is 28.2. The lowest BCUT2D eigenvalue weighted by Crippen LogP contribution is -2.50. The highest BCUT2D eigenvalue weighted by Gasteiger charge is 2.41. The Hall–Kier alpha value is -3.98. The fourth-order valence-electron chi connectivity index (χ4n) is 9.67. The number of benzene rings is 3. The topological polar surface area (TPSA) is 238 Å². The van der Waals surface area contributed by atoms with E-state index in [0.717, 1.165) is 43.4 Å². The van der Waals surface area contributed by atoms with Gasteiger partial charge in [-0.15, -0.1) is 0 Å². The number of primary sulfonamides is 1. The van der Waals surface area contributed by atoms with Crippen molar-refractivity contribution in [2.75, 3.05) is 118 Å². The molecule has 3 aliphatic heterocycles. The molecule has 25 heteroatoms. The van der Waals surface area contributed by atoms with Gasteiger partial charge in [-0.1, -0.05) is 29.3 Å². The van der Waals surface area contributed by atoms with E-state index >= 15 is 4.39 Å². The van der Waals surface area contributed by atoms with Crippen LogP contribution in [0.15, 0.2) is 58.3 Å². The molecule has 0 bridgehead atoms. The van der Waals surface area contributed by atoms with E-state index in [-0.39, 0.29) is 51.2 Å². The number of amides is 4. The first-order valence-electron chi connectivity index (χ1n) is 24.4. The summed E-state index contributed by atoms with van der Waals surface area (Å²) in [5.41, 5.74) is 1.85. The Morgan fingerprint density at radius 1 is 0.764 bits per heavy atom. The normalized spacial score (nSPS) is 20.9. The molecule has 0 radical (unpaired) electrons. The van der Waals surface area contributed by atoms with Gasteiger partial charge in [-0.05, 0) is 93.2 Å². The van der Waals surface area contributed by atoms with Crippen LogP contribution in [0.5, 0.6) is 5.75 Å². The molecule has 1 aliphatic carbocycles. The van der Waals surface area contributed by atoms with Gasteiger partial charge in [-0.2, -0.15) is 0 Å². The van der Waals surface area contributed by atoms with Gasteiger partial charge < -0.3 is 45.7 Å². The van der Waals surface area contributed by atoms with Gasteiger partial charge in [0.25, 0.3) is 0 Å². The van der Waals surface area contributed by atoms with Crippen molar-refractivity contribution in [3.8, 4) is 5.75 Å². The van der Waals surface area contributed by atoms with Crippen molar-refractivity contribution in [1.82, 2.24) is 46.0 Å². The molecule has 4 amide bonds. The molecule has 4 atom stereocenters. The van der Waals surface area contributed by atoms with Crippen LogP contribution in [-0.4, -0.2) is 174 Å². The molecule has 3 aromatic rings. The molecule has 0 unspecified atom stereocenters. The van der Waals surface area contributed by atoms with Crippen LogP contribution in [0.25, 0.3) is 0 Å². The average Bonchev–Trinajstić information content (AvgIpc) is 4.09. The minimum absolute atomic E-state index is 0.0580. The lowest BCUT2D eigenvalue weighted by Gasteiger charge is -2.36. The number of urea groups is 2. The van der Waals surface area contributed by atoms with E-state index < -0.39 is 37.8 Å². The number of likely N-dealkylation sites (tertiary alicyclic amines) is 2. The molecule has 3 saturated heterocycles. The number of fused-ring (bicyclic) bond motifs is 1. The van der Waals surface area contributed by atoms with Gasteiger partial charge in [-0.25, -0.2) is 45.1 Å². The van der Waals surface area contributed by atoms with Gasteiger partial charge in [0.1, 0.15) is 11.9 Å². The minimum Gasteiger partial charge on any atom is -0.481 e. The summed E-state index contributed by atoms with van der Waals surface area (Å²) in [6.45, 7) is 9.44. The zero-order valence-corrected chi connectivity index (χ0v) is 43.3. The summed E-state index contributed by atoms with van der Waals surface area (Å²) in [6, 6.07) is 9.99. The molecule has 3 heterocycles. The lowest BCUT2D eigenvalue weighted by molar-refractivity contribution is 0.0667. The Labute approximate surface area is 430 Å². The monoisotopic (exact) mass is 1090 g/mol. The number of nitrogens with one attached hydrogen (secondary N) is 6. The maximum Gasteiger partial charge on any atom is 0.314 e. The number of piperazine rings is 1. The fraction of sp³-hybridized carbons (Fsp3) is 0.574. The molecule has 3 aromatic carbocycles. The Bertz CT molecular complexity index is 2550. The summed E-state index contributed by atoms with van der Waals surface area (Å²) in [7, 11) is -8.08. The van der Waals surface area contributed by atoms with E-state index in [1.165, 1.54) is 30.3 Å². The number of hydrogen-bond donors (Lipinski definition) is 7. The van der Waals surface area contributed by atoms with Crippen molar-refractivity contribution in [1.29, 1.82) is 0 Å². The van der Waals surface area contributed by atoms with E-state index in [1.807, 2.05) is 0 Å². The number of hydrogen-bond acceptors (Lipinski definition) is 13. The van der Waals surface area contributed by atoms with Gasteiger partial charge >= 0.3 is 12.1 Å². The maximum atomic E-state index is 15.7. The third kappa shape index (κ3) is 15.8. The molecule has 7 rings (SSSR count). The van der Waals surface area contributed by atoms with Crippen molar-refractivity contribution in [3.63, 3.8) is 0 Å². The fourth-order valence-corrected chi connectivity index (χ4v) is 12.4.